The molecule has 120 valence electrons. The fraction of sp³-hybridized carbons (Fsp3) is 1.00. The SMILES string of the molecule is CC(C)CCCOC1(OCCCC(C)C)CCCCC1. The third-order valence-electron chi connectivity index (χ3n) is 4.20. The van der Waals surface area contributed by atoms with Gasteiger partial charge in [-0.2, -0.15) is 0 Å². The van der Waals surface area contributed by atoms with Crippen molar-refractivity contribution in [3.05, 3.63) is 0 Å². The van der Waals surface area contributed by atoms with Gasteiger partial charge >= 0.3 is 0 Å². The Bertz CT molecular complexity index is 212. The van der Waals surface area contributed by atoms with E-state index >= 15 is 0 Å². The lowest BCUT2D eigenvalue weighted by atomic mass is 9.94. The summed E-state index contributed by atoms with van der Waals surface area (Å²) in [6.45, 7) is 10.8. The molecule has 0 aliphatic heterocycles. The second-order valence-electron chi connectivity index (χ2n) is 7.24. The van der Waals surface area contributed by atoms with E-state index in [1.54, 1.807) is 0 Å². The lowest BCUT2D eigenvalue weighted by Crippen LogP contribution is -2.39. The highest BCUT2D eigenvalue weighted by Gasteiger charge is 2.33. The number of rotatable bonds is 10. The van der Waals surface area contributed by atoms with E-state index in [2.05, 4.69) is 27.7 Å². The predicted octanol–water partition coefficient (Wildman–Crippen LogP) is 5.55. The van der Waals surface area contributed by atoms with E-state index in [9.17, 15) is 0 Å². The average molecular weight is 284 g/mol. The van der Waals surface area contributed by atoms with Gasteiger partial charge in [0, 0.05) is 12.8 Å². The smallest absolute Gasteiger partial charge is 0.168 e. The summed E-state index contributed by atoms with van der Waals surface area (Å²) in [5, 5.41) is 0. The normalized spacial score (nSPS) is 18.9. The molecule has 0 saturated heterocycles. The molecule has 0 atom stereocenters. The molecule has 0 amide bonds. The Labute approximate surface area is 126 Å². The molecule has 1 saturated carbocycles. The molecule has 1 aliphatic carbocycles. The van der Waals surface area contributed by atoms with E-state index in [0.29, 0.717) is 0 Å². The van der Waals surface area contributed by atoms with Gasteiger partial charge in [0.25, 0.3) is 0 Å². The van der Waals surface area contributed by atoms with Gasteiger partial charge in [0.2, 0.25) is 0 Å². The van der Waals surface area contributed by atoms with Crippen molar-refractivity contribution in [1.82, 2.24) is 0 Å². The summed E-state index contributed by atoms with van der Waals surface area (Å²) in [5.74, 6) is 1.30. The number of ether oxygens (including phenoxy) is 2. The van der Waals surface area contributed by atoms with Gasteiger partial charge in [-0.25, -0.2) is 0 Å². The highest BCUT2D eigenvalue weighted by atomic mass is 16.7. The van der Waals surface area contributed by atoms with Crippen LogP contribution in [-0.4, -0.2) is 19.0 Å². The van der Waals surface area contributed by atoms with Crippen LogP contribution in [0.15, 0.2) is 0 Å². The lowest BCUT2D eigenvalue weighted by Gasteiger charge is -2.37. The minimum atomic E-state index is -0.244. The highest BCUT2D eigenvalue weighted by Crippen LogP contribution is 2.33. The summed E-state index contributed by atoms with van der Waals surface area (Å²) in [5.41, 5.74) is 0. The highest BCUT2D eigenvalue weighted by molar-refractivity contribution is 4.75. The van der Waals surface area contributed by atoms with Crippen LogP contribution in [0.2, 0.25) is 0 Å². The van der Waals surface area contributed by atoms with E-state index in [0.717, 1.165) is 50.7 Å². The molecule has 0 radical (unpaired) electrons. The van der Waals surface area contributed by atoms with Crippen LogP contribution in [0.3, 0.4) is 0 Å². The molecule has 2 heteroatoms. The first-order valence-corrected chi connectivity index (χ1v) is 8.82. The third-order valence-corrected chi connectivity index (χ3v) is 4.20. The Morgan fingerprint density at radius 1 is 0.750 bits per heavy atom. The minimum absolute atomic E-state index is 0.244. The standard InChI is InChI=1S/C18H36O2/c1-16(2)10-8-14-19-18(12-6-5-7-13-18)20-15-9-11-17(3)4/h16-17H,5-15H2,1-4H3. The van der Waals surface area contributed by atoms with Gasteiger partial charge < -0.3 is 9.47 Å². The van der Waals surface area contributed by atoms with Crippen molar-refractivity contribution >= 4 is 0 Å². The molecule has 20 heavy (non-hydrogen) atoms. The van der Waals surface area contributed by atoms with Crippen molar-refractivity contribution in [2.24, 2.45) is 11.8 Å². The van der Waals surface area contributed by atoms with E-state index in [4.69, 9.17) is 9.47 Å². The third kappa shape index (κ3) is 7.64. The second kappa shape index (κ2) is 9.78. The zero-order valence-electron chi connectivity index (χ0n) is 14.2. The van der Waals surface area contributed by atoms with Crippen molar-refractivity contribution in [3.63, 3.8) is 0 Å². The Hall–Kier alpha value is -0.0800. The molecule has 0 spiro atoms. The fourth-order valence-corrected chi connectivity index (χ4v) is 2.92. The topological polar surface area (TPSA) is 18.5 Å². The van der Waals surface area contributed by atoms with Gasteiger partial charge in [0.1, 0.15) is 0 Å². The van der Waals surface area contributed by atoms with Crippen LogP contribution in [-0.2, 0) is 9.47 Å². The maximum absolute atomic E-state index is 6.21. The Morgan fingerprint density at radius 2 is 1.20 bits per heavy atom. The zero-order chi connectivity index (χ0) is 14.8. The second-order valence-corrected chi connectivity index (χ2v) is 7.24. The fourth-order valence-electron chi connectivity index (χ4n) is 2.92. The van der Waals surface area contributed by atoms with Crippen LogP contribution >= 0.6 is 0 Å². The Balaban J connectivity index is 2.29. The summed E-state index contributed by atoms with van der Waals surface area (Å²) >= 11 is 0. The van der Waals surface area contributed by atoms with E-state index in [-0.39, 0.29) is 5.79 Å². The molecule has 1 rings (SSSR count). The van der Waals surface area contributed by atoms with Gasteiger partial charge in [-0.1, -0.05) is 34.1 Å². The van der Waals surface area contributed by atoms with Crippen LogP contribution in [0, 0.1) is 11.8 Å². The van der Waals surface area contributed by atoms with Crippen LogP contribution in [0.4, 0.5) is 0 Å². The average Bonchev–Trinajstić information content (AvgIpc) is 2.41. The Kier molecular flexibility index (Phi) is 8.79. The maximum atomic E-state index is 6.21. The molecular formula is C18H36O2. The van der Waals surface area contributed by atoms with Gasteiger partial charge in [-0.3, -0.25) is 0 Å². The first kappa shape index (κ1) is 18.0. The Morgan fingerprint density at radius 3 is 1.60 bits per heavy atom. The van der Waals surface area contributed by atoms with Crippen molar-refractivity contribution in [1.29, 1.82) is 0 Å². The van der Waals surface area contributed by atoms with Crippen molar-refractivity contribution in [3.8, 4) is 0 Å². The molecule has 0 heterocycles. The maximum Gasteiger partial charge on any atom is 0.168 e. The van der Waals surface area contributed by atoms with Gasteiger partial charge in [-0.05, 0) is 50.4 Å². The van der Waals surface area contributed by atoms with Crippen molar-refractivity contribution in [2.45, 2.75) is 91.3 Å². The molecule has 0 unspecified atom stereocenters. The molecule has 0 N–H and O–H groups in total. The van der Waals surface area contributed by atoms with Gasteiger partial charge in [-0.15, -0.1) is 0 Å². The van der Waals surface area contributed by atoms with Crippen LogP contribution in [0.25, 0.3) is 0 Å². The number of hydrogen-bond donors (Lipinski definition) is 0. The molecule has 1 aliphatic rings. The molecule has 2 nitrogen and oxygen atoms in total. The van der Waals surface area contributed by atoms with E-state index in [1.807, 2.05) is 0 Å². The summed E-state index contributed by atoms with van der Waals surface area (Å²) in [4.78, 5) is 0. The number of hydrogen-bond acceptors (Lipinski definition) is 2. The predicted molar refractivity (Wildman–Crippen MR) is 85.9 cm³/mol. The first-order valence-electron chi connectivity index (χ1n) is 8.82. The van der Waals surface area contributed by atoms with E-state index in [1.165, 1.54) is 32.1 Å². The monoisotopic (exact) mass is 284 g/mol. The quantitative estimate of drug-likeness (QED) is 0.386. The molecule has 0 aromatic heterocycles. The zero-order valence-corrected chi connectivity index (χ0v) is 14.2. The lowest BCUT2D eigenvalue weighted by molar-refractivity contribution is -0.253. The summed E-state index contributed by atoms with van der Waals surface area (Å²) in [6, 6.07) is 0. The van der Waals surface area contributed by atoms with Crippen molar-refractivity contribution in [2.75, 3.05) is 13.2 Å². The molecular weight excluding hydrogens is 248 g/mol. The summed E-state index contributed by atoms with van der Waals surface area (Å²) in [7, 11) is 0. The van der Waals surface area contributed by atoms with Gasteiger partial charge in [0.05, 0.1) is 13.2 Å². The van der Waals surface area contributed by atoms with Crippen LogP contribution in [0.1, 0.15) is 85.5 Å². The molecule has 0 aromatic carbocycles. The molecule has 1 fully saturated rings. The van der Waals surface area contributed by atoms with E-state index < -0.39 is 0 Å². The summed E-state index contributed by atoms with van der Waals surface area (Å²) < 4.78 is 12.4. The van der Waals surface area contributed by atoms with Crippen LogP contribution < -0.4 is 0 Å². The molecule has 0 aromatic rings. The first-order chi connectivity index (χ1) is 9.54. The van der Waals surface area contributed by atoms with Gasteiger partial charge in [0.15, 0.2) is 5.79 Å². The summed E-state index contributed by atoms with van der Waals surface area (Å²) in [6.07, 6.45) is 10.9. The largest absolute Gasteiger partial charge is 0.350 e. The van der Waals surface area contributed by atoms with Crippen LogP contribution in [0.5, 0.6) is 0 Å². The minimum Gasteiger partial charge on any atom is -0.350 e. The van der Waals surface area contributed by atoms with Crippen molar-refractivity contribution < 1.29 is 9.47 Å². The molecule has 0 bridgehead atoms.